The van der Waals surface area contributed by atoms with Crippen LogP contribution in [0.2, 0.25) is 0 Å². The summed E-state index contributed by atoms with van der Waals surface area (Å²) in [6.45, 7) is 1.58. The summed E-state index contributed by atoms with van der Waals surface area (Å²) in [5, 5.41) is 9.77. The Hall–Kier alpha value is -1.88. The van der Waals surface area contributed by atoms with Gasteiger partial charge in [0, 0.05) is 24.1 Å². The van der Waals surface area contributed by atoms with E-state index in [4.69, 9.17) is 4.74 Å². The number of ether oxygens (including phenoxy) is 1. The summed E-state index contributed by atoms with van der Waals surface area (Å²) < 4.78 is 20.6. The van der Waals surface area contributed by atoms with Crippen LogP contribution >= 0.6 is 0 Å². The fraction of sp³-hybridized carbons (Fsp3) is 0.308. The molecule has 0 unspecified atom stereocenters. The maximum Gasteiger partial charge on any atom is 0.338 e. The molecule has 0 atom stereocenters. The zero-order chi connectivity index (χ0) is 12.7. The molecule has 0 saturated carbocycles. The van der Waals surface area contributed by atoms with Gasteiger partial charge in [-0.2, -0.15) is 0 Å². The minimum Gasteiger partial charge on any atom is -0.478 e. The van der Waals surface area contributed by atoms with Gasteiger partial charge in [-0.15, -0.1) is 0 Å². The van der Waals surface area contributed by atoms with Gasteiger partial charge in [-0.05, 0) is 24.6 Å². The third-order valence-electron chi connectivity index (χ3n) is 3.26. The number of hydrogen-bond acceptors (Lipinski definition) is 2. The summed E-state index contributed by atoms with van der Waals surface area (Å²) in [6.07, 6.45) is 0.827. The molecule has 18 heavy (non-hydrogen) atoms. The van der Waals surface area contributed by atoms with Crippen molar-refractivity contribution in [1.29, 1.82) is 0 Å². The first kappa shape index (κ1) is 11.2. The van der Waals surface area contributed by atoms with E-state index in [1.165, 1.54) is 12.1 Å². The second-order valence-corrected chi connectivity index (χ2v) is 4.35. The van der Waals surface area contributed by atoms with Gasteiger partial charge in [0.1, 0.15) is 5.82 Å². The summed E-state index contributed by atoms with van der Waals surface area (Å²) in [7, 11) is 0. The lowest BCUT2D eigenvalue weighted by atomic mass is 10.1. The quantitative estimate of drug-likeness (QED) is 0.844. The highest BCUT2D eigenvalue weighted by atomic mass is 19.1. The molecule has 3 rings (SSSR count). The van der Waals surface area contributed by atoms with Crippen molar-refractivity contribution in [3.05, 3.63) is 35.3 Å². The molecule has 1 aromatic carbocycles. The Kier molecular flexibility index (Phi) is 2.56. The zero-order valence-corrected chi connectivity index (χ0v) is 9.65. The van der Waals surface area contributed by atoms with E-state index in [1.807, 2.05) is 4.57 Å². The summed E-state index contributed by atoms with van der Waals surface area (Å²) in [5.41, 5.74) is 1.54. The molecule has 0 aliphatic carbocycles. The molecule has 4 nitrogen and oxygen atoms in total. The smallest absolute Gasteiger partial charge is 0.338 e. The monoisotopic (exact) mass is 249 g/mol. The molecule has 1 aliphatic heterocycles. The van der Waals surface area contributed by atoms with Crippen LogP contribution in [0.3, 0.4) is 0 Å². The molecule has 2 aromatic rings. The summed E-state index contributed by atoms with van der Waals surface area (Å²) >= 11 is 0. The van der Waals surface area contributed by atoms with Crippen molar-refractivity contribution in [2.45, 2.75) is 19.6 Å². The number of carbonyl (C=O) groups is 1. The normalized spacial score (nSPS) is 15.4. The number of carboxylic acid groups (broad SMARTS) is 1. The van der Waals surface area contributed by atoms with Crippen molar-refractivity contribution in [3.63, 3.8) is 0 Å². The number of rotatable bonds is 1. The molecule has 0 fully saturated rings. The average molecular weight is 249 g/mol. The van der Waals surface area contributed by atoms with E-state index in [1.54, 1.807) is 6.07 Å². The maximum absolute atomic E-state index is 13.3. The van der Waals surface area contributed by atoms with Gasteiger partial charge in [-0.3, -0.25) is 0 Å². The van der Waals surface area contributed by atoms with Crippen LogP contribution in [0.25, 0.3) is 10.9 Å². The largest absolute Gasteiger partial charge is 0.478 e. The van der Waals surface area contributed by atoms with E-state index in [2.05, 4.69) is 0 Å². The lowest BCUT2D eigenvalue weighted by Crippen LogP contribution is -2.05. The molecule has 0 radical (unpaired) electrons. The van der Waals surface area contributed by atoms with Crippen molar-refractivity contribution >= 4 is 16.9 Å². The Bertz CT molecular complexity index is 633. The van der Waals surface area contributed by atoms with E-state index >= 15 is 0 Å². The van der Waals surface area contributed by atoms with Gasteiger partial charge in [0.25, 0.3) is 0 Å². The summed E-state index contributed by atoms with van der Waals surface area (Å²) in [4.78, 5) is 11.4. The van der Waals surface area contributed by atoms with Gasteiger partial charge in [-0.25, -0.2) is 9.18 Å². The Labute approximate surface area is 103 Å². The minimum atomic E-state index is -1.04. The molecule has 94 valence electrons. The fourth-order valence-corrected chi connectivity index (χ4v) is 2.52. The number of halogens is 1. The van der Waals surface area contributed by atoms with E-state index in [0.717, 1.165) is 11.9 Å². The highest BCUT2D eigenvalue weighted by Gasteiger charge is 2.23. The first-order chi connectivity index (χ1) is 8.68. The Morgan fingerprint density at radius 2 is 2.28 bits per heavy atom. The van der Waals surface area contributed by atoms with Crippen LogP contribution in [0.15, 0.2) is 18.2 Å². The number of hydrogen-bond donors (Lipinski definition) is 1. The van der Waals surface area contributed by atoms with Gasteiger partial charge < -0.3 is 14.4 Å². The van der Waals surface area contributed by atoms with Crippen molar-refractivity contribution in [2.24, 2.45) is 0 Å². The van der Waals surface area contributed by atoms with Crippen molar-refractivity contribution in [2.75, 3.05) is 6.61 Å². The zero-order valence-electron chi connectivity index (χ0n) is 9.65. The highest BCUT2D eigenvalue weighted by Crippen LogP contribution is 2.29. The second-order valence-electron chi connectivity index (χ2n) is 4.35. The third-order valence-corrected chi connectivity index (χ3v) is 3.26. The van der Waals surface area contributed by atoms with Gasteiger partial charge in [0.15, 0.2) is 0 Å². The molecule has 0 spiro atoms. The summed E-state index contributed by atoms with van der Waals surface area (Å²) in [6, 6.07) is 4.26. The van der Waals surface area contributed by atoms with Gasteiger partial charge >= 0.3 is 5.97 Å². The van der Waals surface area contributed by atoms with Crippen LogP contribution in [-0.4, -0.2) is 22.2 Å². The lowest BCUT2D eigenvalue weighted by Gasteiger charge is -2.05. The molecule has 0 saturated heterocycles. The molecule has 0 bridgehead atoms. The number of benzene rings is 1. The third kappa shape index (κ3) is 1.59. The van der Waals surface area contributed by atoms with Crippen molar-refractivity contribution in [1.82, 2.24) is 4.57 Å². The number of fused-ring (bicyclic) bond motifs is 3. The topological polar surface area (TPSA) is 51.5 Å². The second kappa shape index (κ2) is 4.10. The molecule has 5 heteroatoms. The van der Waals surface area contributed by atoms with Gasteiger partial charge in [-0.1, -0.05) is 0 Å². The van der Waals surface area contributed by atoms with Crippen LogP contribution in [0.5, 0.6) is 0 Å². The molecular weight excluding hydrogens is 237 g/mol. The number of aryl methyl sites for hydroxylation is 1. The predicted molar refractivity (Wildman–Crippen MR) is 63.1 cm³/mol. The van der Waals surface area contributed by atoms with Crippen molar-refractivity contribution in [3.8, 4) is 0 Å². The Morgan fingerprint density at radius 3 is 3.06 bits per heavy atom. The highest BCUT2D eigenvalue weighted by molar-refractivity contribution is 6.05. The van der Waals surface area contributed by atoms with Crippen LogP contribution in [0, 0.1) is 5.82 Å². The van der Waals surface area contributed by atoms with Gasteiger partial charge in [0.05, 0.1) is 17.9 Å². The van der Waals surface area contributed by atoms with E-state index in [-0.39, 0.29) is 12.2 Å². The Balaban J connectivity index is 2.37. The summed E-state index contributed by atoms with van der Waals surface area (Å²) in [5.74, 6) is -1.46. The molecule has 1 N–H and O–H groups in total. The number of aromatic carboxylic acids is 1. The maximum atomic E-state index is 13.3. The Morgan fingerprint density at radius 1 is 1.44 bits per heavy atom. The van der Waals surface area contributed by atoms with Crippen LogP contribution < -0.4 is 0 Å². The van der Waals surface area contributed by atoms with Crippen LogP contribution in [-0.2, 0) is 17.9 Å². The SMILES string of the molecule is O=C(O)c1c2n(c3ccc(F)cc13)CCCOC2. The van der Waals surface area contributed by atoms with Crippen LogP contribution in [0.4, 0.5) is 4.39 Å². The molecule has 1 aromatic heterocycles. The van der Waals surface area contributed by atoms with E-state index < -0.39 is 11.8 Å². The fourth-order valence-electron chi connectivity index (χ4n) is 2.52. The van der Waals surface area contributed by atoms with E-state index in [0.29, 0.717) is 24.2 Å². The molecule has 1 aliphatic rings. The van der Waals surface area contributed by atoms with Crippen LogP contribution in [0.1, 0.15) is 22.5 Å². The standard InChI is InChI=1S/C13H12FNO3/c14-8-2-3-10-9(6-8)12(13(16)17)11-7-18-5-1-4-15(10)11/h2-3,6H,1,4-5,7H2,(H,16,17). The average Bonchev–Trinajstić information content (AvgIpc) is 2.48. The number of carboxylic acids is 1. The minimum absolute atomic E-state index is 0.159. The number of nitrogens with zero attached hydrogens (tertiary/aromatic N) is 1. The van der Waals surface area contributed by atoms with Crippen molar-refractivity contribution < 1.29 is 19.0 Å². The van der Waals surface area contributed by atoms with Gasteiger partial charge in [0.2, 0.25) is 0 Å². The van der Waals surface area contributed by atoms with E-state index in [9.17, 15) is 14.3 Å². The molecule has 2 heterocycles. The first-order valence-corrected chi connectivity index (χ1v) is 5.80. The number of aromatic nitrogens is 1. The molecular formula is C13H12FNO3. The lowest BCUT2D eigenvalue weighted by molar-refractivity contribution is 0.0690. The predicted octanol–water partition coefficient (Wildman–Crippen LogP) is 2.40. The molecule has 0 amide bonds. The first-order valence-electron chi connectivity index (χ1n) is 5.80.